The SMILES string of the molecule is CC(C)(C)N1C[C@@H](C(=O)N2CCC(O)(c3ccccc3)CC2)[C@H](c2ccc(F)cc2F)C1. The number of halogens is 2. The van der Waals surface area contributed by atoms with E-state index in [9.17, 15) is 18.7 Å². The highest BCUT2D eigenvalue weighted by Crippen LogP contribution is 2.40. The van der Waals surface area contributed by atoms with Gasteiger partial charge in [-0.15, -0.1) is 0 Å². The number of amides is 1. The van der Waals surface area contributed by atoms with Crippen molar-refractivity contribution in [1.29, 1.82) is 0 Å². The van der Waals surface area contributed by atoms with Crippen LogP contribution in [0.1, 0.15) is 50.7 Å². The predicted molar refractivity (Wildman–Crippen MR) is 120 cm³/mol. The molecule has 1 amide bonds. The first-order chi connectivity index (χ1) is 15.1. The van der Waals surface area contributed by atoms with Gasteiger partial charge >= 0.3 is 0 Å². The van der Waals surface area contributed by atoms with E-state index in [2.05, 4.69) is 25.7 Å². The van der Waals surface area contributed by atoms with Crippen LogP contribution in [-0.2, 0) is 10.4 Å². The highest BCUT2D eigenvalue weighted by molar-refractivity contribution is 5.81. The Kier molecular flexibility index (Phi) is 6.12. The monoisotopic (exact) mass is 442 g/mol. The van der Waals surface area contributed by atoms with Crippen LogP contribution in [0, 0.1) is 17.6 Å². The number of aliphatic hydroxyl groups is 1. The van der Waals surface area contributed by atoms with Gasteiger partial charge in [0.2, 0.25) is 5.91 Å². The van der Waals surface area contributed by atoms with Crippen molar-refractivity contribution in [2.45, 2.75) is 50.7 Å². The van der Waals surface area contributed by atoms with E-state index in [4.69, 9.17) is 0 Å². The van der Waals surface area contributed by atoms with Crippen LogP contribution in [0.15, 0.2) is 48.5 Å². The van der Waals surface area contributed by atoms with Gasteiger partial charge < -0.3 is 10.0 Å². The maximum absolute atomic E-state index is 14.7. The Balaban J connectivity index is 1.54. The van der Waals surface area contributed by atoms with Crippen molar-refractivity contribution in [2.75, 3.05) is 26.2 Å². The van der Waals surface area contributed by atoms with Crippen molar-refractivity contribution in [2.24, 2.45) is 5.92 Å². The van der Waals surface area contributed by atoms with Crippen LogP contribution in [0.25, 0.3) is 0 Å². The highest BCUT2D eigenvalue weighted by atomic mass is 19.1. The molecule has 0 bridgehead atoms. The Morgan fingerprint density at radius 3 is 2.28 bits per heavy atom. The van der Waals surface area contributed by atoms with Gasteiger partial charge in [-0.3, -0.25) is 9.69 Å². The third-order valence-electron chi connectivity index (χ3n) is 7.16. The average molecular weight is 443 g/mol. The van der Waals surface area contributed by atoms with Gasteiger partial charge in [0.05, 0.1) is 11.5 Å². The first-order valence-corrected chi connectivity index (χ1v) is 11.4. The summed E-state index contributed by atoms with van der Waals surface area (Å²) in [7, 11) is 0. The molecule has 0 spiro atoms. The zero-order valence-corrected chi connectivity index (χ0v) is 19.0. The number of hydrogen-bond donors (Lipinski definition) is 1. The Hall–Kier alpha value is -2.31. The lowest BCUT2D eigenvalue weighted by atomic mass is 9.83. The molecule has 2 aliphatic heterocycles. The molecule has 2 aliphatic rings. The molecule has 32 heavy (non-hydrogen) atoms. The third kappa shape index (κ3) is 4.44. The van der Waals surface area contributed by atoms with E-state index < -0.39 is 23.2 Å². The zero-order chi connectivity index (χ0) is 23.1. The van der Waals surface area contributed by atoms with Gasteiger partial charge in [-0.25, -0.2) is 8.78 Å². The van der Waals surface area contributed by atoms with Crippen LogP contribution in [0.3, 0.4) is 0 Å². The number of benzene rings is 2. The maximum atomic E-state index is 14.7. The second-order valence-corrected chi connectivity index (χ2v) is 10.2. The van der Waals surface area contributed by atoms with E-state index in [1.807, 2.05) is 35.2 Å². The van der Waals surface area contributed by atoms with E-state index >= 15 is 0 Å². The molecule has 6 heteroatoms. The fourth-order valence-corrected chi connectivity index (χ4v) is 5.09. The molecule has 0 unspecified atom stereocenters. The fraction of sp³-hybridized carbons (Fsp3) is 0.500. The number of carbonyl (C=O) groups excluding carboxylic acids is 1. The Labute approximate surface area is 188 Å². The van der Waals surface area contributed by atoms with Crippen molar-refractivity contribution in [3.05, 3.63) is 71.3 Å². The van der Waals surface area contributed by atoms with Gasteiger partial charge in [-0.05, 0) is 50.8 Å². The topological polar surface area (TPSA) is 43.8 Å². The summed E-state index contributed by atoms with van der Waals surface area (Å²) >= 11 is 0. The van der Waals surface area contributed by atoms with E-state index in [0.717, 1.165) is 11.6 Å². The van der Waals surface area contributed by atoms with E-state index in [1.165, 1.54) is 12.1 Å². The molecule has 2 aromatic carbocycles. The predicted octanol–water partition coefficient (Wildman–Crippen LogP) is 4.29. The van der Waals surface area contributed by atoms with Crippen molar-refractivity contribution >= 4 is 5.91 Å². The number of nitrogens with zero attached hydrogens (tertiary/aromatic N) is 2. The molecular weight excluding hydrogens is 410 g/mol. The summed E-state index contributed by atoms with van der Waals surface area (Å²) in [6.45, 7) is 8.23. The fourth-order valence-electron chi connectivity index (χ4n) is 5.09. The van der Waals surface area contributed by atoms with Crippen LogP contribution >= 0.6 is 0 Å². The van der Waals surface area contributed by atoms with Crippen LogP contribution in [0.2, 0.25) is 0 Å². The quantitative estimate of drug-likeness (QED) is 0.771. The molecule has 1 N–H and O–H groups in total. The lowest BCUT2D eigenvalue weighted by molar-refractivity contribution is -0.140. The molecule has 2 heterocycles. The van der Waals surface area contributed by atoms with Crippen LogP contribution in [0.4, 0.5) is 8.78 Å². The number of likely N-dealkylation sites (tertiary alicyclic amines) is 2. The molecule has 0 saturated carbocycles. The first-order valence-electron chi connectivity index (χ1n) is 11.4. The molecule has 4 nitrogen and oxygen atoms in total. The lowest BCUT2D eigenvalue weighted by Gasteiger charge is -2.40. The van der Waals surface area contributed by atoms with Gasteiger partial charge in [-0.1, -0.05) is 36.4 Å². The summed E-state index contributed by atoms with van der Waals surface area (Å²) in [6.07, 6.45) is 0.933. The average Bonchev–Trinajstić information content (AvgIpc) is 3.20. The van der Waals surface area contributed by atoms with Gasteiger partial charge in [0.15, 0.2) is 0 Å². The van der Waals surface area contributed by atoms with E-state index in [-0.39, 0.29) is 17.4 Å². The largest absolute Gasteiger partial charge is 0.385 e. The Morgan fingerprint density at radius 2 is 1.69 bits per heavy atom. The van der Waals surface area contributed by atoms with Crippen molar-refractivity contribution in [1.82, 2.24) is 9.80 Å². The van der Waals surface area contributed by atoms with Gasteiger partial charge in [0, 0.05) is 43.7 Å². The van der Waals surface area contributed by atoms with Gasteiger partial charge in [-0.2, -0.15) is 0 Å². The minimum absolute atomic E-state index is 0.0133. The number of piperidine rings is 1. The van der Waals surface area contributed by atoms with Crippen LogP contribution < -0.4 is 0 Å². The maximum Gasteiger partial charge on any atom is 0.227 e. The minimum Gasteiger partial charge on any atom is -0.385 e. The number of carbonyl (C=O) groups is 1. The standard InChI is InChI=1S/C26H32F2N2O2/c1-25(2,3)30-16-21(20-10-9-19(27)15-23(20)28)22(17-30)24(31)29-13-11-26(32,12-14-29)18-7-5-4-6-8-18/h4-10,15,21-22,32H,11-14,16-17H2,1-3H3/t21-,22+/m0/s1. The number of hydrogen-bond acceptors (Lipinski definition) is 3. The Bertz CT molecular complexity index is 966. The smallest absolute Gasteiger partial charge is 0.227 e. The van der Waals surface area contributed by atoms with Crippen LogP contribution in [0.5, 0.6) is 0 Å². The number of rotatable bonds is 3. The molecular formula is C26H32F2N2O2. The molecule has 4 rings (SSSR count). The molecule has 172 valence electrons. The van der Waals surface area contributed by atoms with Crippen molar-refractivity contribution in [3.8, 4) is 0 Å². The van der Waals surface area contributed by atoms with Gasteiger partial charge in [0.1, 0.15) is 11.6 Å². The summed E-state index contributed by atoms with van der Waals surface area (Å²) in [5.41, 5.74) is 0.166. The van der Waals surface area contributed by atoms with E-state index in [0.29, 0.717) is 44.6 Å². The second-order valence-electron chi connectivity index (χ2n) is 10.2. The summed E-state index contributed by atoms with van der Waals surface area (Å²) in [4.78, 5) is 17.6. The molecule has 0 aromatic heterocycles. The van der Waals surface area contributed by atoms with Gasteiger partial charge in [0.25, 0.3) is 0 Å². The first kappa shape index (κ1) is 22.9. The molecule has 2 aromatic rings. The van der Waals surface area contributed by atoms with Crippen LogP contribution in [-0.4, -0.2) is 52.5 Å². The normalized spacial score (nSPS) is 24.0. The molecule has 0 radical (unpaired) electrons. The second kappa shape index (κ2) is 8.56. The van der Waals surface area contributed by atoms with E-state index in [1.54, 1.807) is 0 Å². The summed E-state index contributed by atoms with van der Waals surface area (Å²) < 4.78 is 28.2. The van der Waals surface area contributed by atoms with Crippen molar-refractivity contribution < 1.29 is 18.7 Å². The Morgan fingerprint density at radius 1 is 1.03 bits per heavy atom. The molecule has 2 fully saturated rings. The lowest BCUT2D eigenvalue weighted by Crippen LogP contribution is -2.48. The molecule has 0 aliphatic carbocycles. The summed E-state index contributed by atoms with van der Waals surface area (Å²) in [6, 6.07) is 13.2. The highest BCUT2D eigenvalue weighted by Gasteiger charge is 2.45. The summed E-state index contributed by atoms with van der Waals surface area (Å²) in [5, 5.41) is 11.1. The molecule has 2 atom stereocenters. The minimum atomic E-state index is -0.937. The third-order valence-corrected chi connectivity index (χ3v) is 7.16. The van der Waals surface area contributed by atoms with Crippen molar-refractivity contribution in [3.63, 3.8) is 0 Å². The summed E-state index contributed by atoms with van der Waals surface area (Å²) in [5.74, 6) is -1.97. The molecule has 2 saturated heterocycles. The zero-order valence-electron chi connectivity index (χ0n) is 19.0.